The lowest BCUT2D eigenvalue weighted by molar-refractivity contribution is 0.332. The Bertz CT molecular complexity index is 396. The van der Waals surface area contributed by atoms with Gasteiger partial charge in [-0.1, -0.05) is 13.3 Å². The van der Waals surface area contributed by atoms with E-state index in [1.165, 1.54) is 25.7 Å². The summed E-state index contributed by atoms with van der Waals surface area (Å²) < 4.78 is 2.43. The van der Waals surface area contributed by atoms with Gasteiger partial charge in [0.05, 0.1) is 5.69 Å². The van der Waals surface area contributed by atoms with Crippen LogP contribution in [-0.2, 0) is 0 Å². The highest BCUT2D eigenvalue weighted by Gasteiger charge is 2.41. The molecule has 2 aliphatic carbocycles. The van der Waals surface area contributed by atoms with Crippen molar-refractivity contribution in [3.05, 3.63) is 11.9 Å². The molecule has 2 aliphatic rings. The Morgan fingerprint density at radius 1 is 1.41 bits per heavy atom. The molecule has 2 bridgehead atoms. The molecular weight excluding hydrogens is 210 g/mol. The van der Waals surface area contributed by atoms with E-state index < -0.39 is 0 Å². The normalized spacial score (nSPS) is 31.1. The molecule has 2 saturated carbocycles. The SMILES string of the molecule is CCCNc1nc(C)cn1C1CC2CCC1C2. The predicted octanol–water partition coefficient (Wildman–Crippen LogP) is 3.37. The molecule has 3 heteroatoms. The Balaban J connectivity index is 1.81. The zero-order valence-electron chi connectivity index (χ0n) is 10.9. The lowest BCUT2D eigenvalue weighted by atomic mass is 9.95. The summed E-state index contributed by atoms with van der Waals surface area (Å²) in [4.78, 5) is 4.63. The molecule has 17 heavy (non-hydrogen) atoms. The lowest BCUT2D eigenvalue weighted by Crippen LogP contribution is -2.18. The van der Waals surface area contributed by atoms with E-state index in [0.717, 1.165) is 36.4 Å². The van der Waals surface area contributed by atoms with Crippen LogP contribution in [0.25, 0.3) is 0 Å². The van der Waals surface area contributed by atoms with Gasteiger partial charge in [0.15, 0.2) is 0 Å². The molecule has 3 unspecified atom stereocenters. The van der Waals surface area contributed by atoms with Gasteiger partial charge >= 0.3 is 0 Å². The van der Waals surface area contributed by atoms with E-state index in [0.29, 0.717) is 6.04 Å². The predicted molar refractivity (Wildman–Crippen MR) is 70.2 cm³/mol. The van der Waals surface area contributed by atoms with Gasteiger partial charge in [-0.05, 0) is 44.4 Å². The molecule has 0 saturated heterocycles. The van der Waals surface area contributed by atoms with Crippen molar-refractivity contribution in [2.45, 2.75) is 52.0 Å². The number of aromatic nitrogens is 2. The summed E-state index contributed by atoms with van der Waals surface area (Å²) in [6.07, 6.45) is 9.12. The van der Waals surface area contributed by atoms with Crippen molar-refractivity contribution in [3.8, 4) is 0 Å². The largest absolute Gasteiger partial charge is 0.356 e. The highest BCUT2D eigenvalue weighted by atomic mass is 15.2. The molecule has 0 spiro atoms. The highest BCUT2D eigenvalue weighted by Crippen LogP contribution is 2.51. The van der Waals surface area contributed by atoms with Gasteiger partial charge in [-0.2, -0.15) is 0 Å². The molecule has 0 amide bonds. The van der Waals surface area contributed by atoms with Crippen molar-refractivity contribution in [3.63, 3.8) is 0 Å². The number of imidazole rings is 1. The zero-order valence-corrected chi connectivity index (χ0v) is 10.9. The minimum atomic E-state index is 0.717. The van der Waals surface area contributed by atoms with Gasteiger partial charge in [0.25, 0.3) is 0 Å². The Hall–Kier alpha value is -0.990. The van der Waals surface area contributed by atoms with E-state index in [1.54, 1.807) is 0 Å². The molecule has 1 aromatic heterocycles. The summed E-state index contributed by atoms with van der Waals surface area (Å²) in [7, 11) is 0. The van der Waals surface area contributed by atoms with E-state index in [2.05, 4.69) is 34.9 Å². The maximum absolute atomic E-state index is 4.63. The highest BCUT2D eigenvalue weighted by molar-refractivity contribution is 5.30. The van der Waals surface area contributed by atoms with Crippen molar-refractivity contribution >= 4 is 5.95 Å². The number of fused-ring (bicyclic) bond motifs is 2. The lowest BCUT2D eigenvalue weighted by Gasteiger charge is -2.24. The molecule has 3 rings (SSSR count). The number of anilines is 1. The minimum Gasteiger partial charge on any atom is -0.356 e. The number of nitrogens with zero attached hydrogens (tertiary/aromatic N) is 2. The molecule has 0 aromatic carbocycles. The number of hydrogen-bond acceptors (Lipinski definition) is 2. The Labute approximate surface area is 104 Å². The molecule has 94 valence electrons. The fourth-order valence-electron chi connectivity index (χ4n) is 3.69. The molecule has 2 fully saturated rings. The molecular formula is C14H23N3. The van der Waals surface area contributed by atoms with Crippen molar-refractivity contribution < 1.29 is 0 Å². The van der Waals surface area contributed by atoms with E-state index in [4.69, 9.17) is 0 Å². The van der Waals surface area contributed by atoms with Crippen molar-refractivity contribution in [2.24, 2.45) is 11.8 Å². The van der Waals surface area contributed by atoms with Gasteiger partial charge in [0.2, 0.25) is 5.95 Å². The van der Waals surface area contributed by atoms with Crippen molar-refractivity contribution in [2.75, 3.05) is 11.9 Å². The summed E-state index contributed by atoms with van der Waals surface area (Å²) >= 11 is 0. The molecule has 3 atom stereocenters. The maximum atomic E-state index is 4.63. The summed E-state index contributed by atoms with van der Waals surface area (Å²) in [5.41, 5.74) is 1.14. The number of rotatable bonds is 4. The fraction of sp³-hybridized carbons (Fsp3) is 0.786. The second kappa shape index (κ2) is 4.35. The van der Waals surface area contributed by atoms with E-state index in [1.807, 2.05) is 0 Å². The topological polar surface area (TPSA) is 29.9 Å². The summed E-state index contributed by atoms with van der Waals surface area (Å²) in [5.74, 6) is 3.00. The monoisotopic (exact) mass is 233 g/mol. The zero-order chi connectivity index (χ0) is 11.8. The molecule has 0 aliphatic heterocycles. The van der Waals surface area contributed by atoms with Crippen LogP contribution in [0.1, 0.15) is 50.8 Å². The Morgan fingerprint density at radius 3 is 2.94 bits per heavy atom. The smallest absolute Gasteiger partial charge is 0.203 e. The molecule has 0 radical (unpaired) electrons. The van der Waals surface area contributed by atoms with Crippen LogP contribution in [0.15, 0.2) is 6.20 Å². The van der Waals surface area contributed by atoms with Crippen LogP contribution in [0, 0.1) is 18.8 Å². The third kappa shape index (κ3) is 1.96. The molecule has 1 N–H and O–H groups in total. The standard InChI is InChI=1S/C14H23N3/c1-3-6-15-14-16-10(2)9-17(14)13-8-11-4-5-12(13)7-11/h9,11-13H,3-8H2,1-2H3,(H,15,16). The van der Waals surface area contributed by atoms with Crippen LogP contribution in [0.5, 0.6) is 0 Å². The minimum absolute atomic E-state index is 0.717. The first-order valence-electron chi connectivity index (χ1n) is 7.07. The van der Waals surface area contributed by atoms with Gasteiger partial charge < -0.3 is 9.88 Å². The summed E-state index contributed by atoms with van der Waals surface area (Å²) in [6, 6.07) is 0.717. The van der Waals surface area contributed by atoms with Crippen LogP contribution in [0.2, 0.25) is 0 Å². The van der Waals surface area contributed by atoms with Crippen LogP contribution in [0.3, 0.4) is 0 Å². The average Bonchev–Trinajstić information content (AvgIpc) is 3.00. The Kier molecular flexibility index (Phi) is 2.85. The summed E-state index contributed by atoms with van der Waals surface area (Å²) in [6.45, 7) is 5.32. The first-order valence-corrected chi connectivity index (χ1v) is 7.07. The van der Waals surface area contributed by atoms with Crippen LogP contribution in [-0.4, -0.2) is 16.1 Å². The van der Waals surface area contributed by atoms with Crippen LogP contribution < -0.4 is 5.32 Å². The van der Waals surface area contributed by atoms with Crippen LogP contribution >= 0.6 is 0 Å². The second-order valence-electron chi connectivity index (χ2n) is 5.78. The third-order valence-corrected chi connectivity index (χ3v) is 4.44. The van der Waals surface area contributed by atoms with Gasteiger partial charge in [0, 0.05) is 18.8 Å². The quantitative estimate of drug-likeness (QED) is 0.864. The second-order valence-corrected chi connectivity index (χ2v) is 5.78. The first-order chi connectivity index (χ1) is 8.28. The van der Waals surface area contributed by atoms with E-state index in [-0.39, 0.29) is 0 Å². The molecule has 1 heterocycles. The van der Waals surface area contributed by atoms with Crippen molar-refractivity contribution in [1.82, 2.24) is 9.55 Å². The third-order valence-electron chi connectivity index (χ3n) is 4.44. The van der Waals surface area contributed by atoms with E-state index in [9.17, 15) is 0 Å². The first kappa shape index (κ1) is 11.1. The molecule has 3 nitrogen and oxygen atoms in total. The van der Waals surface area contributed by atoms with Gasteiger partial charge in [0.1, 0.15) is 0 Å². The maximum Gasteiger partial charge on any atom is 0.203 e. The Morgan fingerprint density at radius 2 is 2.29 bits per heavy atom. The molecule has 1 aromatic rings. The van der Waals surface area contributed by atoms with Gasteiger partial charge in [-0.25, -0.2) is 4.98 Å². The van der Waals surface area contributed by atoms with Crippen molar-refractivity contribution in [1.29, 1.82) is 0 Å². The fourth-order valence-corrected chi connectivity index (χ4v) is 3.69. The van der Waals surface area contributed by atoms with Gasteiger partial charge in [-0.15, -0.1) is 0 Å². The average molecular weight is 233 g/mol. The summed E-state index contributed by atoms with van der Waals surface area (Å²) in [5, 5.41) is 3.47. The van der Waals surface area contributed by atoms with E-state index >= 15 is 0 Å². The number of aryl methyl sites for hydroxylation is 1. The van der Waals surface area contributed by atoms with Gasteiger partial charge in [-0.3, -0.25) is 0 Å². The van der Waals surface area contributed by atoms with Crippen LogP contribution in [0.4, 0.5) is 5.95 Å². The number of nitrogens with one attached hydrogen (secondary N) is 1. The number of hydrogen-bond donors (Lipinski definition) is 1.